The third kappa shape index (κ3) is 2.79. The molecule has 0 unspecified atom stereocenters. The van der Waals surface area contributed by atoms with Crippen molar-refractivity contribution in [3.8, 4) is 0 Å². The van der Waals surface area contributed by atoms with Gasteiger partial charge in [-0.15, -0.1) is 11.3 Å². The van der Waals surface area contributed by atoms with Crippen LogP contribution in [0, 0.1) is 0 Å². The Balaban J connectivity index is 2.06. The highest BCUT2D eigenvalue weighted by Gasteiger charge is 2.09. The smallest absolute Gasteiger partial charge is 0.120 e. The molecule has 0 aliphatic heterocycles. The first-order valence-electron chi connectivity index (χ1n) is 6.01. The molecule has 0 aliphatic rings. The molecule has 0 fully saturated rings. The standard InChI is InChI=1S/C15H11NO2S2/c17-14(18)8-11(7-10-5-6-19-9-10)15-16-12-3-1-2-4-13(12)20-15/h1-7,9H,8H2,(H,17,18)/p-1/b11-7+. The second-order valence-corrected chi connectivity index (χ2v) is 6.07. The fourth-order valence-electron chi connectivity index (χ4n) is 1.91. The summed E-state index contributed by atoms with van der Waals surface area (Å²) in [5.41, 5.74) is 2.57. The van der Waals surface area contributed by atoms with Crippen molar-refractivity contribution >= 4 is 50.5 Å². The van der Waals surface area contributed by atoms with Crippen LogP contribution in [0.15, 0.2) is 41.1 Å². The van der Waals surface area contributed by atoms with Gasteiger partial charge in [0.2, 0.25) is 0 Å². The molecule has 1 aromatic carbocycles. The van der Waals surface area contributed by atoms with Crippen molar-refractivity contribution in [2.75, 3.05) is 0 Å². The number of aliphatic carboxylic acids is 1. The normalized spacial score (nSPS) is 11.9. The predicted molar refractivity (Wildman–Crippen MR) is 81.4 cm³/mol. The molecular weight excluding hydrogens is 290 g/mol. The summed E-state index contributed by atoms with van der Waals surface area (Å²) in [4.78, 5) is 15.5. The molecule has 3 nitrogen and oxygen atoms in total. The summed E-state index contributed by atoms with van der Waals surface area (Å²) in [5, 5.41) is 15.6. The average Bonchev–Trinajstić information content (AvgIpc) is 3.05. The Morgan fingerprint density at radius 3 is 2.85 bits per heavy atom. The lowest BCUT2D eigenvalue weighted by Crippen LogP contribution is -2.22. The van der Waals surface area contributed by atoms with Gasteiger partial charge < -0.3 is 9.90 Å². The molecule has 3 rings (SSSR count). The number of aromatic nitrogens is 1. The van der Waals surface area contributed by atoms with E-state index in [1.54, 1.807) is 11.3 Å². The predicted octanol–water partition coefficient (Wildman–Crippen LogP) is 3.04. The van der Waals surface area contributed by atoms with Gasteiger partial charge >= 0.3 is 0 Å². The van der Waals surface area contributed by atoms with Gasteiger partial charge in [0.1, 0.15) is 5.01 Å². The Kier molecular flexibility index (Phi) is 3.62. The van der Waals surface area contributed by atoms with E-state index in [0.717, 1.165) is 20.8 Å². The van der Waals surface area contributed by atoms with Crippen LogP contribution < -0.4 is 5.11 Å². The number of carboxylic acids is 1. The van der Waals surface area contributed by atoms with Crippen LogP contribution in [0.5, 0.6) is 0 Å². The van der Waals surface area contributed by atoms with Gasteiger partial charge in [-0.2, -0.15) is 11.3 Å². The van der Waals surface area contributed by atoms with E-state index in [1.807, 2.05) is 47.2 Å². The monoisotopic (exact) mass is 300 g/mol. The molecule has 0 saturated heterocycles. The van der Waals surface area contributed by atoms with Gasteiger partial charge in [-0.3, -0.25) is 0 Å². The Hall–Kier alpha value is -1.98. The first-order chi connectivity index (χ1) is 9.72. The van der Waals surface area contributed by atoms with E-state index < -0.39 is 5.97 Å². The third-order valence-electron chi connectivity index (χ3n) is 2.79. The number of para-hydroxylation sites is 1. The van der Waals surface area contributed by atoms with Gasteiger partial charge in [0, 0.05) is 12.4 Å². The van der Waals surface area contributed by atoms with Crippen molar-refractivity contribution in [1.82, 2.24) is 4.98 Å². The number of hydrogen-bond acceptors (Lipinski definition) is 5. The van der Waals surface area contributed by atoms with Gasteiger partial charge in [0.15, 0.2) is 0 Å². The molecule has 0 bridgehead atoms. The van der Waals surface area contributed by atoms with Crippen molar-refractivity contribution in [3.63, 3.8) is 0 Å². The van der Waals surface area contributed by atoms with E-state index in [0.29, 0.717) is 5.57 Å². The molecule has 0 aliphatic carbocycles. The lowest BCUT2D eigenvalue weighted by molar-refractivity contribution is -0.304. The number of fused-ring (bicyclic) bond motifs is 1. The van der Waals surface area contributed by atoms with Gasteiger partial charge in [-0.25, -0.2) is 4.98 Å². The number of carbonyl (C=O) groups is 1. The number of nitrogens with zero attached hydrogens (tertiary/aromatic N) is 1. The van der Waals surface area contributed by atoms with Gasteiger partial charge in [0.25, 0.3) is 0 Å². The zero-order valence-electron chi connectivity index (χ0n) is 10.4. The van der Waals surface area contributed by atoms with Crippen molar-refractivity contribution in [2.24, 2.45) is 0 Å². The molecular formula is C15H10NO2S2-. The Labute approximate surface area is 123 Å². The lowest BCUT2D eigenvalue weighted by atomic mass is 10.1. The highest BCUT2D eigenvalue weighted by Crippen LogP contribution is 2.30. The summed E-state index contributed by atoms with van der Waals surface area (Å²) >= 11 is 3.08. The molecule has 2 aromatic heterocycles. The third-order valence-corrected chi connectivity index (χ3v) is 4.60. The van der Waals surface area contributed by atoms with Crippen LogP contribution in [-0.4, -0.2) is 11.0 Å². The number of hydrogen-bond donors (Lipinski definition) is 0. The van der Waals surface area contributed by atoms with Crippen LogP contribution in [0.1, 0.15) is 17.0 Å². The van der Waals surface area contributed by atoms with E-state index in [2.05, 4.69) is 4.98 Å². The molecule has 5 heteroatoms. The molecule has 0 amide bonds. The molecule has 100 valence electrons. The Morgan fingerprint density at radius 1 is 1.30 bits per heavy atom. The maximum atomic E-state index is 11.0. The molecule has 0 radical (unpaired) electrons. The van der Waals surface area contributed by atoms with E-state index >= 15 is 0 Å². The molecule has 0 N–H and O–H groups in total. The first-order valence-corrected chi connectivity index (χ1v) is 7.77. The van der Waals surface area contributed by atoms with Crippen molar-refractivity contribution in [3.05, 3.63) is 51.7 Å². The molecule has 0 atom stereocenters. The molecule has 0 saturated carbocycles. The Morgan fingerprint density at radius 2 is 2.15 bits per heavy atom. The first kappa shape index (κ1) is 13.0. The number of carbonyl (C=O) groups excluding carboxylic acids is 1. The summed E-state index contributed by atoms with van der Waals surface area (Å²) in [6.07, 6.45) is 1.74. The van der Waals surface area contributed by atoms with Crippen LogP contribution >= 0.6 is 22.7 Å². The lowest BCUT2D eigenvalue weighted by Gasteiger charge is -2.04. The summed E-state index contributed by atoms with van der Waals surface area (Å²) < 4.78 is 1.05. The van der Waals surface area contributed by atoms with Crippen molar-refractivity contribution in [2.45, 2.75) is 6.42 Å². The number of thiophene rings is 1. The zero-order chi connectivity index (χ0) is 13.9. The SMILES string of the molecule is O=C([O-])C/C(=C\c1ccsc1)c1nc2ccccc2s1. The summed E-state index contributed by atoms with van der Waals surface area (Å²) in [6, 6.07) is 9.74. The second-order valence-electron chi connectivity index (χ2n) is 4.26. The molecule has 3 aromatic rings. The average molecular weight is 300 g/mol. The van der Waals surface area contributed by atoms with Crippen molar-refractivity contribution in [1.29, 1.82) is 0 Å². The summed E-state index contributed by atoms with van der Waals surface area (Å²) in [5.74, 6) is -1.09. The van der Waals surface area contributed by atoms with Crippen LogP contribution in [0.3, 0.4) is 0 Å². The van der Waals surface area contributed by atoms with Gasteiger partial charge in [0.05, 0.1) is 10.2 Å². The minimum Gasteiger partial charge on any atom is -0.550 e. The maximum Gasteiger partial charge on any atom is 0.120 e. The minimum absolute atomic E-state index is 0.129. The summed E-state index contributed by atoms with van der Waals surface area (Å²) in [7, 11) is 0. The number of benzene rings is 1. The van der Waals surface area contributed by atoms with E-state index in [-0.39, 0.29) is 6.42 Å². The minimum atomic E-state index is -1.09. The highest BCUT2D eigenvalue weighted by atomic mass is 32.1. The summed E-state index contributed by atoms with van der Waals surface area (Å²) in [6.45, 7) is 0. The van der Waals surface area contributed by atoms with E-state index in [4.69, 9.17) is 0 Å². The second kappa shape index (κ2) is 5.56. The number of rotatable bonds is 4. The molecule has 0 spiro atoms. The van der Waals surface area contributed by atoms with Crippen LogP contribution in [0.4, 0.5) is 0 Å². The van der Waals surface area contributed by atoms with Crippen molar-refractivity contribution < 1.29 is 9.90 Å². The fourth-order valence-corrected chi connectivity index (χ4v) is 3.51. The van der Waals surface area contributed by atoms with Crippen LogP contribution in [0.25, 0.3) is 21.9 Å². The van der Waals surface area contributed by atoms with E-state index in [9.17, 15) is 9.90 Å². The van der Waals surface area contributed by atoms with Crippen LogP contribution in [0.2, 0.25) is 0 Å². The maximum absolute atomic E-state index is 11.0. The Bertz CT molecular complexity index is 739. The molecule has 20 heavy (non-hydrogen) atoms. The fraction of sp³-hybridized carbons (Fsp3) is 0.0667. The quantitative estimate of drug-likeness (QED) is 0.744. The van der Waals surface area contributed by atoms with Crippen LogP contribution in [-0.2, 0) is 4.79 Å². The molecule has 2 heterocycles. The van der Waals surface area contributed by atoms with E-state index in [1.165, 1.54) is 11.3 Å². The topological polar surface area (TPSA) is 53.0 Å². The number of thiazole rings is 1. The number of carboxylic acid groups (broad SMARTS) is 1. The van der Waals surface area contributed by atoms with Gasteiger partial charge in [-0.05, 0) is 46.2 Å². The zero-order valence-corrected chi connectivity index (χ0v) is 12.0. The van der Waals surface area contributed by atoms with Gasteiger partial charge in [-0.1, -0.05) is 12.1 Å². The largest absolute Gasteiger partial charge is 0.550 e. The highest BCUT2D eigenvalue weighted by molar-refractivity contribution is 7.19.